The summed E-state index contributed by atoms with van der Waals surface area (Å²) in [5, 5.41) is 66.9. The van der Waals surface area contributed by atoms with Crippen molar-refractivity contribution in [1.82, 2.24) is 60.0 Å². The molecule has 0 saturated heterocycles. The molecule has 0 atom stereocenters. The number of aliphatic hydroxyl groups excluding tert-OH is 1. The molecule has 6 aromatic rings. The van der Waals surface area contributed by atoms with Crippen LogP contribution >= 0.6 is 0 Å². The number of hydrogen-bond acceptors (Lipinski definition) is 21. The van der Waals surface area contributed by atoms with Crippen molar-refractivity contribution < 1.29 is 63.9 Å². The van der Waals surface area contributed by atoms with Gasteiger partial charge in [-0.2, -0.15) is 36.3 Å². The third kappa shape index (κ3) is 14.5. The minimum atomic E-state index is -3.80. The van der Waals surface area contributed by atoms with E-state index in [0.29, 0.717) is 97.5 Å². The van der Waals surface area contributed by atoms with Gasteiger partial charge in [-0.3, -0.25) is 42.8 Å². The molecule has 30 nitrogen and oxygen atoms in total. The molecule has 12 rings (SSSR count). The predicted molar refractivity (Wildman–Crippen MR) is 379 cm³/mol. The van der Waals surface area contributed by atoms with Crippen molar-refractivity contribution in [2.75, 3.05) is 45.9 Å². The van der Waals surface area contributed by atoms with Gasteiger partial charge in [0.2, 0.25) is 0 Å². The zero-order valence-corrected chi connectivity index (χ0v) is 62.2. The third-order valence-electron chi connectivity index (χ3n) is 20.6. The lowest BCUT2D eigenvalue weighted by Gasteiger charge is -2.34. The van der Waals surface area contributed by atoms with Crippen LogP contribution in [0.15, 0.2) is 72.8 Å². The standard InChI is InChI=1S/C24H26N6O4S.C24H29N5O5S.C24H27N5O5S/c1-23(2,14-26)35(33,34)24(9-10-24)15-30-11-8-18-19(28-29(3)20(18)22(30)32)21(31)27-13-17-6-4-16(12-25)5-7-17;2*1-23(2,15-30)35(33,34)24(9-10-24)14-29-11-8-18-19(27-28(3)20(18)22(29)32)21(31)26-13-17-6-4-16(12-25)5-7-17/h4-7H,8-11,13,15H2,1-3H3,(H,27,31);4-7,30H,8-11,13-15H2,1-3H3,(H,26,31);4-7,15H,8-11,13-14H2,1-3H3,(H,26,31). The fraction of sp³-hybridized carbons (Fsp3) is 0.472. The molecule has 33 heteroatoms. The van der Waals surface area contributed by atoms with Gasteiger partial charge in [-0.1, -0.05) is 36.4 Å². The van der Waals surface area contributed by atoms with E-state index in [0.717, 1.165) is 16.7 Å². The summed E-state index contributed by atoms with van der Waals surface area (Å²) in [5.74, 6) is -2.33. The van der Waals surface area contributed by atoms with Crippen LogP contribution in [0.25, 0.3) is 0 Å². The topological polar surface area (TPSA) is 437 Å². The van der Waals surface area contributed by atoms with Gasteiger partial charge in [-0.15, -0.1) is 0 Å². The van der Waals surface area contributed by atoms with Gasteiger partial charge in [0, 0.05) is 96.7 Å². The highest BCUT2D eigenvalue weighted by atomic mass is 32.2. The van der Waals surface area contributed by atoms with Crippen molar-refractivity contribution in [2.24, 2.45) is 21.1 Å². The second-order valence-electron chi connectivity index (χ2n) is 29.1. The van der Waals surface area contributed by atoms with E-state index in [1.54, 1.807) is 93.9 Å². The highest BCUT2D eigenvalue weighted by molar-refractivity contribution is 7.95. The van der Waals surface area contributed by atoms with Gasteiger partial charge in [0.1, 0.15) is 28.1 Å². The summed E-state index contributed by atoms with van der Waals surface area (Å²) in [5.41, 5.74) is 7.01. The number of nitrogens with zero attached hydrogens (tertiary/aromatic N) is 13. The summed E-state index contributed by atoms with van der Waals surface area (Å²) < 4.78 is 75.4. The number of aryl methyl sites for hydroxylation is 3. The highest BCUT2D eigenvalue weighted by Crippen LogP contribution is 2.51. The molecule has 105 heavy (non-hydrogen) atoms. The average Bonchev–Trinajstić information content (AvgIpc) is 1.58. The summed E-state index contributed by atoms with van der Waals surface area (Å²) in [6, 6.07) is 28.6. The number of nitrogens with one attached hydrogen (secondary N) is 3. The van der Waals surface area contributed by atoms with Gasteiger partial charge < -0.3 is 40.6 Å². The quantitative estimate of drug-likeness (QED) is 0.0666. The normalized spacial score (nSPS) is 16.9. The van der Waals surface area contributed by atoms with Crippen LogP contribution in [0.4, 0.5) is 0 Å². The summed E-state index contributed by atoms with van der Waals surface area (Å²) in [4.78, 5) is 94.5. The van der Waals surface area contributed by atoms with E-state index in [9.17, 15) is 69.2 Å². The number of hydrogen-bond donors (Lipinski definition) is 4. The second kappa shape index (κ2) is 28.9. The molecule has 3 aliphatic carbocycles. The van der Waals surface area contributed by atoms with Crippen LogP contribution in [0.5, 0.6) is 0 Å². The van der Waals surface area contributed by atoms with Crippen LogP contribution in [-0.2, 0) is 94.3 Å². The molecule has 6 aliphatic rings. The second-order valence-corrected chi connectivity index (χ2v) is 37.9. The van der Waals surface area contributed by atoms with Crippen LogP contribution in [0.3, 0.4) is 0 Å². The molecule has 0 unspecified atom stereocenters. The molecular weight excluding hydrogens is 1410 g/mol. The molecule has 6 heterocycles. The summed E-state index contributed by atoms with van der Waals surface area (Å²) in [6.07, 6.45) is 4.07. The van der Waals surface area contributed by atoms with E-state index in [1.807, 2.05) is 24.3 Å². The Kier molecular flexibility index (Phi) is 21.2. The first-order valence-corrected chi connectivity index (χ1v) is 38.4. The first-order chi connectivity index (χ1) is 49.4. The predicted octanol–water partition coefficient (Wildman–Crippen LogP) is 3.55. The number of amides is 6. The van der Waals surface area contributed by atoms with Gasteiger partial charge in [0.15, 0.2) is 51.3 Å². The lowest BCUT2D eigenvalue weighted by Crippen LogP contribution is -2.51. The van der Waals surface area contributed by atoms with Crippen LogP contribution < -0.4 is 16.0 Å². The molecule has 552 valence electrons. The van der Waals surface area contributed by atoms with Crippen molar-refractivity contribution >= 4 is 71.2 Å². The molecule has 3 aromatic heterocycles. The van der Waals surface area contributed by atoms with E-state index in [4.69, 9.17) is 15.8 Å². The maximum Gasteiger partial charge on any atom is 0.272 e. The van der Waals surface area contributed by atoms with Gasteiger partial charge in [0.25, 0.3) is 35.4 Å². The SMILES string of the molecule is Cn1nc(C(=O)NCc2ccc(C#N)cc2)c2c1C(=O)N(CC1(S(=O)(=O)C(C)(C)C#N)CC1)CC2.Cn1nc(C(=O)NCc2ccc(C#N)cc2)c2c1C(=O)N(CC1(S(=O)(=O)C(C)(C)C=O)CC1)CC2.Cn1nc(C(=O)NCc2ccc(C#N)cc2)c2c1C(=O)N(CC1(S(=O)(=O)C(C)(C)CO)CC1)CC2. The molecule has 3 fully saturated rings. The molecule has 0 radical (unpaired) electrons. The largest absolute Gasteiger partial charge is 0.395 e. The minimum Gasteiger partial charge on any atom is -0.395 e. The van der Waals surface area contributed by atoms with E-state index in [1.165, 1.54) is 70.3 Å². The maximum atomic E-state index is 13.3. The van der Waals surface area contributed by atoms with E-state index < -0.39 is 82.3 Å². The number of benzene rings is 3. The number of aldehydes is 1. The van der Waals surface area contributed by atoms with Crippen LogP contribution in [0.1, 0.15) is 193 Å². The molecule has 4 N–H and O–H groups in total. The Morgan fingerprint density at radius 1 is 0.486 bits per heavy atom. The minimum absolute atomic E-state index is 0.0102. The van der Waals surface area contributed by atoms with Crippen LogP contribution in [-0.4, -0.2) is 190 Å². The van der Waals surface area contributed by atoms with Gasteiger partial charge in [-0.25, -0.2) is 25.3 Å². The lowest BCUT2D eigenvalue weighted by molar-refractivity contribution is -0.109. The molecule has 0 bridgehead atoms. The number of aromatic nitrogens is 6. The van der Waals surface area contributed by atoms with Crippen molar-refractivity contribution in [2.45, 2.75) is 147 Å². The molecule has 6 amide bonds. The maximum absolute atomic E-state index is 13.3. The first-order valence-electron chi connectivity index (χ1n) is 34.0. The molecule has 0 spiro atoms. The van der Waals surface area contributed by atoms with Crippen LogP contribution in [0.2, 0.25) is 0 Å². The van der Waals surface area contributed by atoms with E-state index >= 15 is 0 Å². The van der Waals surface area contributed by atoms with Crippen molar-refractivity contribution in [1.29, 1.82) is 21.0 Å². The number of sulfone groups is 3. The van der Waals surface area contributed by atoms with Crippen molar-refractivity contribution in [3.63, 3.8) is 0 Å². The number of rotatable bonds is 23. The highest BCUT2D eigenvalue weighted by Gasteiger charge is 2.64. The van der Waals surface area contributed by atoms with Crippen molar-refractivity contribution in [3.05, 3.63) is 157 Å². The Morgan fingerprint density at radius 2 is 0.762 bits per heavy atom. The van der Waals surface area contributed by atoms with Crippen LogP contribution in [0, 0.1) is 45.3 Å². The molecule has 3 aromatic carbocycles. The Labute approximate surface area is 608 Å². The van der Waals surface area contributed by atoms with E-state index in [2.05, 4.69) is 31.2 Å². The van der Waals surface area contributed by atoms with E-state index in [-0.39, 0.29) is 111 Å². The van der Waals surface area contributed by atoms with Gasteiger partial charge in [0.05, 0.1) is 66.6 Å². The molecule has 3 aliphatic heterocycles. The number of nitriles is 4. The number of carbonyl (C=O) groups is 7. The first kappa shape index (κ1) is 77.2. The van der Waals surface area contributed by atoms with Gasteiger partial charge >= 0.3 is 0 Å². The Morgan fingerprint density at radius 3 is 1.01 bits per heavy atom. The Hall–Kier alpha value is -10.5. The fourth-order valence-electron chi connectivity index (χ4n) is 13.5. The summed E-state index contributed by atoms with van der Waals surface area (Å²) in [6.45, 7) is 9.68. The zero-order chi connectivity index (χ0) is 76.8. The smallest absolute Gasteiger partial charge is 0.272 e. The zero-order valence-electron chi connectivity index (χ0n) is 59.7. The number of aliphatic hydroxyl groups is 1. The Balaban J connectivity index is 0.000000169. The summed E-state index contributed by atoms with van der Waals surface area (Å²) in [7, 11) is -6.52. The molecule has 3 saturated carbocycles. The third-order valence-corrected chi connectivity index (χ3v) is 30.2. The lowest BCUT2D eigenvalue weighted by atomic mass is 10.0. The number of fused-ring (bicyclic) bond motifs is 3. The fourth-order valence-corrected chi connectivity index (χ4v) is 20.2. The molecular formula is C72H82N16O14S3. The monoisotopic (exact) mass is 1490 g/mol. The van der Waals surface area contributed by atoms with Crippen molar-refractivity contribution in [3.8, 4) is 24.3 Å². The Bertz CT molecular complexity index is 5050. The average molecular weight is 1490 g/mol. The number of carbonyl (C=O) groups excluding carboxylic acids is 7. The summed E-state index contributed by atoms with van der Waals surface area (Å²) >= 11 is 0. The van der Waals surface area contributed by atoms with Gasteiger partial charge in [-0.05, 0) is 152 Å².